The molecule has 2 nitrogen and oxygen atoms in total. The Morgan fingerprint density at radius 2 is 2.00 bits per heavy atom. The molecule has 1 aliphatic heterocycles. The number of nitrogens with zero attached hydrogens (tertiary/aromatic N) is 1. The molecule has 1 fully saturated rings. The van der Waals surface area contributed by atoms with Gasteiger partial charge in [-0.25, -0.2) is 0 Å². The molecule has 0 bridgehead atoms. The van der Waals surface area contributed by atoms with Crippen LogP contribution in [-0.2, 0) is 0 Å². The van der Waals surface area contributed by atoms with E-state index in [0.717, 1.165) is 13.1 Å². The highest BCUT2D eigenvalue weighted by Crippen LogP contribution is 2.27. The Morgan fingerprint density at radius 3 is 2.65 bits per heavy atom. The summed E-state index contributed by atoms with van der Waals surface area (Å²) in [6, 6.07) is 10.9. The third-order valence-corrected chi connectivity index (χ3v) is 3.86. The number of benzene rings is 1. The summed E-state index contributed by atoms with van der Waals surface area (Å²) in [7, 11) is 0. The average Bonchev–Trinajstić information content (AvgIpc) is 2.85. The maximum absolute atomic E-state index is 4.21. The van der Waals surface area contributed by atoms with E-state index in [-0.39, 0.29) is 5.54 Å². The molecule has 1 aromatic carbocycles. The van der Waals surface area contributed by atoms with Crippen LogP contribution >= 0.6 is 0 Å². The third kappa shape index (κ3) is 4.77. The molecule has 0 spiro atoms. The monoisotopic (exact) mass is 272 g/mol. The van der Waals surface area contributed by atoms with Gasteiger partial charge in [0.05, 0.1) is 0 Å². The molecule has 0 aliphatic carbocycles. The lowest BCUT2D eigenvalue weighted by Gasteiger charge is -2.23. The molecule has 2 rings (SSSR count). The Hall–Kier alpha value is -1.12. The fraction of sp³-hybridized carbons (Fsp3) is 0.556. The van der Waals surface area contributed by atoms with Crippen LogP contribution in [-0.4, -0.2) is 36.6 Å². The molecule has 1 N–H and O–H groups in total. The van der Waals surface area contributed by atoms with Gasteiger partial charge in [0.2, 0.25) is 0 Å². The molecule has 0 radical (unpaired) electrons. The average molecular weight is 272 g/mol. The number of nitrogens with one attached hydrogen (secondary N) is 1. The molecule has 1 heterocycles. The van der Waals surface area contributed by atoms with Crippen LogP contribution in [0.3, 0.4) is 0 Å². The van der Waals surface area contributed by atoms with Crippen LogP contribution < -0.4 is 5.32 Å². The minimum Gasteiger partial charge on any atom is -0.308 e. The van der Waals surface area contributed by atoms with Gasteiger partial charge < -0.3 is 5.32 Å². The highest BCUT2D eigenvalue weighted by atomic mass is 15.1. The van der Waals surface area contributed by atoms with E-state index in [9.17, 15) is 0 Å². The highest BCUT2D eigenvalue weighted by molar-refractivity contribution is 5.21. The van der Waals surface area contributed by atoms with Gasteiger partial charge in [-0.1, -0.05) is 36.9 Å². The summed E-state index contributed by atoms with van der Waals surface area (Å²) >= 11 is 0. The first-order valence-electron chi connectivity index (χ1n) is 7.63. The summed E-state index contributed by atoms with van der Waals surface area (Å²) in [6.45, 7) is 15.1. The number of hydrogen-bond acceptors (Lipinski definition) is 2. The predicted octanol–water partition coefficient (Wildman–Crippen LogP) is 3.42. The van der Waals surface area contributed by atoms with Crippen molar-refractivity contribution < 1.29 is 0 Å². The van der Waals surface area contributed by atoms with Crippen LogP contribution in [0.2, 0.25) is 0 Å². The Balaban J connectivity index is 1.77. The van der Waals surface area contributed by atoms with Crippen molar-refractivity contribution in [3.63, 3.8) is 0 Å². The van der Waals surface area contributed by atoms with E-state index in [0.29, 0.717) is 5.92 Å². The summed E-state index contributed by atoms with van der Waals surface area (Å²) < 4.78 is 0. The van der Waals surface area contributed by atoms with E-state index >= 15 is 0 Å². The van der Waals surface area contributed by atoms with Crippen molar-refractivity contribution >= 4 is 0 Å². The van der Waals surface area contributed by atoms with E-state index in [1.165, 1.54) is 30.6 Å². The topological polar surface area (TPSA) is 15.3 Å². The fourth-order valence-corrected chi connectivity index (χ4v) is 2.74. The van der Waals surface area contributed by atoms with Crippen molar-refractivity contribution in [2.45, 2.75) is 38.6 Å². The number of hydrogen-bond donors (Lipinski definition) is 1. The molecule has 2 heteroatoms. The maximum Gasteiger partial charge on any atom is 0.0203 e. The molecule has 20 heavy (non-hydrogen) atoms. The zero-order valence-electron chi connectivity index (χ0n) is 13.2. The first-order valence-corrected chi connectivity index (χ1v) is 7.63. The Bertz CT molecular complexity index is 430. The molecule has 1 aliphatic rings. The Labute approximate surface area is 123 Å². The van der Waals surface area contributed by atoms with E-state index in [4.69, 9.17) is 0 Å². The van der Waals surface area contributed by atoms with Gasteiger partial charge in [-0.15, -0.1) is 0 Å². The van der Waals surface area contributed by atoms with Gasteiger partial charge >= 0.3 is 0 Å². The van der Waals surface area contributed by atoms with Crippen LogP contribution in [0.5, 0.6) is 0 Å². The van der Waals surface area contributed by atoms with E-state index in [2.05, 4.69) is 67.9 Å². The molecule has 0 amide bonds. The fourth-order valence-electron chi connectivity index (χ4n) is 2.74. The first-order chi connectivity index (χ1) is 9.44. The van der Waals surface area contributed by atoms with Gasteiger partial charge in [0.15, 0.2) is 0 Å². The van der Waals surface area contributed by atoms with Gasteiger partial charge in [0.1, 0.15) is 0 Å². The number of rotatable bonds is 5. The maximum atomic E-state index is 4.21. The Kier molecular flexibility index (Phi) is 5.00. The smallest absolute Gasteiger partial charge is 0.0203 e. The Morgan fingerprint density at radius 1 is 1.30 bits per heavy atom. The molecule has 110 valence electrons. The molecule has 1 aromatic rings. The van der Waals surface area contributed by atoms with Gasteiger partial charge in [-0.05, 0) is 50.8 Å². The summed E-state index contributed by atoms with van der Waals surface area (Å²) in [6.07, 6.45) is 1.27. The van der Waals surface area contributed by atoms with Gasteiger partial charge in [-0.3, -0.25) is 4.90 Å². The molecule has 1 unspecified atom stereocenters. The predicted molar refractivity (Wildman–Crippen MR) is 87.1 cm³/mol. The lowest BCUT2D eigenvalue weighted by molar-refractivity contribution is 0.353. The van der Waals surface area contributed by atoms with Crippen molar-refractivity contribution in [1.82, 2.24) is 10.2 Å². The SMILES string of the molecule is C=C(CNC(C)(C)C)CN1CCC(c2ccccc2)C1. The highest BCUT2D eigenvalue weighted by Gasteiger charge is 2.23. The van der Waals surface area contributed by atoms with Crippen LogP contribution in [0.1, 0.15) is 38.7 Å². The van der Waals surface area contributed by atoms with E-state index in [1.807, 2.05) is 0 Å². The van der Waals surface area contributed by atoms with E-state index in [1.54, 1.807) is 0 Å². The zero-order chi connectivity index (χ0) is 14.6. The molecule has 0 aromatic heterocycles. The van der Waals surface area contributed by atoms with Crippen LogP contribution in [0.15, 0.2) is 42.5 Å². The van der Waals surface area contributed by atoms with Gasteiger partial charge in [0, 0.05) is 25.2 Å². The molecule has 0 saturated carbocycles. The lowest BCUT2D eigenvalue weighted by Crippen LogP contribution is -2.38. The van der Waals surface area contributed by atoms with Gasteiger partial charge in [0.25, 0.3) is 0 Å². The van der Waals surface area contributed by atoms with Crippen LogP contribution in [0.25, 0.3) is 0 Å². The van der Waals surface area contributed by atoms with Crippen molar-refractivity contribution in [2.75, 3.05) is 26.2 Å². The lowest BCUT2D eigenvalue weighted by atomic mass is 9.99. The molecular formula is C18H28N2. The molecule has 1 atom stereocenters. The second-order valence-corrected chi connectivity index (χ2v) is 6.98. The standard InChI is InChI=1S/C18H28N2/c1-15(12-19-18(2,3)4)13-20-11-10-17(14-20)16-8-6-5-7-9-16/h5-9,17,19H,1,10-14H2,2-4H3. The van der Waals surface area contributed by atoms with Gasteiger partial charge in [-0.2, -0.15) is 0 Å². The summed E-state index contributed by atoms with van der Waals surface area (Å²) in [5.41, 5.74) is 2.93. The zero-order valence-corrected chi connectivity index (χ0v) is 13.2. The van der Waals surface area contributed by atoms with Crippen molar-refractivity contribution in [3.05, 3.63) is 48.0 Å². The van der Waals surface area contributed by atoms with Crippen molar-refractivity contribution in [1.29, 1.82) is 0 Å². The molecule has 1 saturated heterocycles. The number of likely N-dealkylation sites (tertiary alicyclic amines) is 1. The van der Waals surface area contributed by atoms with Crippen LogP contribution in [0.4, 0.5) is 0 Å². The first kappa shape index (κ1) is 15.3. The normalized spacial score (nSPS) is 20.2. The van der Waals surface area contributed by atoms with Crippen molar-refractivity contribution in [2.24, 2.45) is 0 Å². The second kappa shape index (κ2) is 6.55. The molecular weight excluding hydrogens is 244 g/mol. The summed E-state index contributed by atoms with van der Waals surface area (Å²) in [5, 5.41) is 3.51. The second-order valence-electron chi connectivity index (χ2n) is 6.98. The quantitative estimate of drug-likeness (QED) is 0.826. The van der Waals surface area contributed by atoms with Crippen molar-refractivity contribution in [3.8, 4) is 0 Å². The third-order valence-electron chi connectivity index (χ3n) is 3.86. The van der Waals surface area contributed by atoms with E-state index < -0.39 is 0 Å². The minimum absolute atomic E-state index is 0.167. The summed E-state index contributed by atoms with van der Waals surface area (Å²) in [5.74, 6) is 0.694. The summed E-state index contributed by atoms with van der Waals surface area (Å²) in [4.78, 5) is 2.53. The largest absolute Gasteiger partial charge is 0.308 e. The minimum atomic E-state index is 0.167. The van der Waals surface area contributed by atoms with Crippen LogP contribution in [0, 0.1) is 0 Å².